The molecule has 5 nitrogen and oxygen atoms in total. The second-order valence-electron chi connectivity index (χ2n) is 7.11. The molecule has 1 aromatic heterocycles. The van der Waals surface area contributed by atoms with Crippen molar-refractivity contribution < 1.29 is 18.3 Å². The van der Waals surface area contributed by atoms with Crippen molar-refractivity contribution in [2.24, 2.45) is 0 Å². The molecule has 4 rings (SSSR count). The van der Waals surface area contributed by atoms with E-state index in [1.807, 2.05) is 18.2 Å². The third-order valence-corrected chi connectivity index (χ3v) is 5.52. The molecule has 1 aromatic carbocycles. The fourth-order valence-electron chi connectivity index (χ4n) is 4.13. The van der Waals surface area contributed by atoms with Gasteiger partial charge in [-0.1, -0.05) is 30.3 Å². The molecule has 2 aliphatic heterocycles. The molecule has 0 N–H and O–H groups in total. The first-order valence-corrected chi connectivity index (χ1v) is 9.20. The molecule has 0 radical (unpaired) electrons. The van der Waals surface area contributed by atoms with Crippen LogP contribution >= 0.6 is 0 Å². The van der Waals surface area contributed by atoms with Gasteiger partial charge in [0.25, 0.3) is 5.91 Å². The number of piperazine rings is 1. The molecular formula is C20H23F2N3O2. The number of morpholine rings is 1. The highest BCUT2D eigenvalue weighted by atomic mass is 19.3. The quantitative estimate of drug-likeness (QED) is 0.828. The number of ether oxygens (including phenoxy) is 1. The second kappa shape index (κ2) is 7.40. The smallest absolute Gasteiger partial charge is 0.319 e. The largest absolute Gasteiger partial charge is 0.378 e. The predicted octanol–water partition coefficient (Wildman–Crippen LogP) is 3.09. The van der Waals surface area contributed by atoms with Gasteiger partial charge in [-0.25, -0.2) is 0 Å². The van der Waals surface area contributed by atoms with Gasteiger partial charge in [0.05, 0.1) is 25.3 Å². The highest BCUT2D eigenvalue weighted by Gasteiger charge is 2.38. The molecule has 0 unspecified atom stereocenters. The van der Waals surface area contributed by atoms with Gasteiger partial charge in [-0.3, -0.25) is 14.3 Å². The topological polar surface area (TPSA) is 37.7 Å². The first kappa shape index (κ1) is 18.1. The van der Waals surface area contributed by atoms with Crippen LogP contribution in [0.25, 0.3) is 0 Å². The Morgan fingerprint density at radius 1 is 1.11 bits per heavy atom. The summed E-state index contributed by atoms with van der Waals surface area (Å²) in [5, 5.41) is 0. The van der Waals surface area contributed by atoms with Gasteiger partial charge in [0, 0.05) is 25.3 Å². The van der Waals surface area contributed by atoms with Crippen molar-refractivity contribution in [3.8, 4) is 0 Å². The fraction of sp³-hybridized carbons (Fsp3) is 0.450. The zero-order valence-corrected chi connectivity index (χ0v) is 15.2. The number of halogens is 2. The molecule has 27 heavy (non-hydrogen) atoms. The van der Waals surface area contributed by atoms with E-state index in [9.17, 15) is 13.6 Å². The van der Waals surface area contributed by atoms with Crippen LogP contribution in [0.4, 0.5) is 8.78 Å². The summed E-state index contributed by atoms with van der Waals surface area (Å²) in [4.78, 5) is 16.9. The van der Waals surface area contributed by atoms with Crippen molar-refractivity contribution in [2.45, 2.75) is 25.6 Å². The van der Waals surface area contributed by atoms with E-state index in [1.54, 1.807) is 17.9 Å². The molecular weight excluding hydrogens is 352 g/mol. The van der Waals surface area contributed by atoms with Crippen LogP contribution in [0.5, 0.6) is 0 Å². The second-order valence-corrected chi connectivity index (χ2v) is 7.11. The summed E-state index contributed by atoms with van der Waals surface area (Å²) in [7, 11) is 0. The summed E-state index contributed by atoms with van der Waals surface area (Å²) in [6, 6.07) is 13.5. The minimum Gasteiger partial charge on any atom is -0.378 e. The molecule has 0 aliphatic carbocycles. The Labute approximate surface area is 157 Å². The van der Waals surface area contributed by atoms with E-state index < -0.39 is 6.55 Å². The molecule has 2 fully saturated rings. The molecule has 0 spiro atoms. The van der Waals surface area contributed by atoms with E-state index in [0.29, 0.717) is 38.5 Å². The van der Waals surface area contributed by atoms with E-state index in [0.717, 1.165) is 4.57 Å². The van der Waals surface area contributed by atoms with Gasteiger partial charge in [-0.15, -0.1) is 0 Å². The number of amides is 1. The van der Waals surface area contributed by atoms with Crippen LogP contribution in [0.2, 0.25) is 0 Å². The summed E-state index contributed by atoms with van der Waals surface area (Å²) in [6.45, 7) is 1.74. The number of aromatic nitrogens is 1. The van der Waals surface area contributed by atoms with Crippen molar-refractivity contribution in [2.75, 3.05) is 32.8 Å². The van der Waals surface area contributed by atoms with Gasteiger partial charge in [0.15, 0.2) is 0 Å². The number of fused-ring (bicyclic) bond motifs is 1. The molecule has 2 aliphatic rings. The van der Waals surface area contributed by atoms with E-state index in [-0.39, 0.29) is 23.7 Å². The van der Waals surface area contributed by atoms with Gasteiger partial charge in [-0.2, -0.15) is 8.78 Å². The number of alkyl halides is 2. The normalized spacial score (nSPS) is 23.5. The fourth-order valence-corrected chi connectivity index (χ4v) is 4.13. The Kier molecular flexibility index (Phi) is 4.97. The van der Waals surface area contributed by atoms with Gasteiger partial charge in [-0.05, 0) is 24.6 Å². The van der Waals surface area contributed by atoms with E-state index >= 15 is 0 Å². The maximum atomic E-state index is 13.3. The lowest BCUT2D eigenvalue weighted by molar-refractivity contribution is -0.0772. The van der Waals surface area contributed by atoms with Gasteiger partial charge >= 0.3 is 6.55 Å². The Morgan fingerprint density at radius 2 is 1.89 bits per heavy atom. The summed E-state index contributed by atoms with van der Waals surface area (Å²) in [5.74, 6) is -0.343. The number of nitrogens with zero attached hydrogens (tertiary/aromatic N) is 3. The average Bonchev–Trinajstić information content (AvgIpc) is 3.09. The van der Waals surface area contributed by atoms with Crippen LogP contribution in [-0.4, -0.2) is 59.2 Å². The molecule has 0 bridgehead atoms. The maximum absolute atomic E-state index is 13.3. The lowest BCUT2D eigenvalue weighted by Gasteiger charge is -2.48. The lowest BCUT2D eigenvalue weighted by Crippen LogP contribution is -2.60. The van der Waals surface area contributed by atoms with Crippen molar-refractivity contribution >= 4 is 5.91 Å². The molecule has 7 heteroatoms. The number of carbonyl (C=O) groups excluding carboxylic acids is 1. The van der Waals surface area contributed by atoms with Crippen LogP contribution in [0, 0.1) is 6.92 Å². The number of aryl methyl sites for hydroxylation is 1. The Bertz CT molecular complexity index is 809. The third-order valence-electron chi connectivity index (χ3n) is 5.52. The number of hydrogen-bond donors (Lipinski definition) is 0. The number of benzene rings is 1. The molecule has 2 atom stereocenters. The highest BCUT2D eigenvalue weighted by molar-refractivity contribution is 5.93. The van der Waals surface area contributed by atoms with Crippen LogP contribution in [0.1, 0.15) is 34.3 Å². The van der Waals surface area contributed by atoms with Gasteiger partial charge in [0.1, 0.15) is 5.69 Å². The molecule has 1 amide bonds. The van der Waals surface area contributed by atoms with Crippen molar-refractivity contribution in [1.82, 2.24) is 14.4 Å². The van der Waals surface area contributed by atoms with Crippen molar-refractivity contribution in [1.29, 1.82) is 0 Å². The number of hydrogen-bond acceptors (Lipinski definition) is 3. The first-order valence-electron chi connectivity index (χ1n) is 9.20. The van der Waals surface area contributed by atoms with Crippen LogP contribution in [0.3, 0.4) is 0 Å². The van der Waals surface area contributed by atoms with E-state index in [4.69, 9.17) is 4.74 Å². The van der Waals surface area contributed by atoms with Gasteiger partial charge < -0.3 is 9.64 Å². The third kappa shape index (κ3) is 3.37. The molecule has 3 heterocycles. The Balaban J connectivity index is 1.51. The average molecular weight is 375 g/mol. The Hall–Kier alpha value is -2.25. The summed E-state index contributed by atoms with van der Waals surface area (Å²) < 4.78 is 33.2. The summed E-state index contributed by atoms with van der Waals surface area (Å²) in [6.07, 6.45) is 0. The van der Waals surface area contributed by atoms with Crippen LogP contribution in [-0.2, 0) is 4.74 Å². The summed E-state index contributed by atoms with van der Waals surface area (Å²) in [5.41, 5.74) is 1.63. The zero-order valence-electron chi connectivity index (χ0n) is 15.2. The monoisotopic (exact) mass is 375 g/mol. The van der Waals surface area contributed by atoms with Crippen LogP contribution < -0.4 is 0 Å². The molecule has 144 valence electrons. The van der Waals surface area contributed by atoms with Crippen molar-refractivity contribution in [3.05, 3.63) is 59.4 Å². The maximum Gasteiger partial charge on any atom is 0.319 e. The zero-order chi connectivity index (χ0) is 19.0. The number of rotatable bonds is 3. The van der Waals surface area contributed by atoms with Gasteiger partial charge in [0.2, 0.25) is 0 Å². The molecule has 2 aromatic rings. The number of carbonyl (C=O) groups is 1. The lowest BCUT2D eigenvalue weighted by atomic mass is 10.00. The summed E-state index contributed by atoms with van der Waals surface area (Å²) >= 11 is 0. The predicted molar refractivity (Wildman–Crippen MR) is 96.8 cm³/mol. The van der Waals surface area contributed by atoms with E-state index in [1.165, 1.54) is 11.6 Å². The van der Waals surface area contributed by atoms with Crippen LogP contribution in [0.15, 0.2) is 42.5 Å². The Morgan fingerprint density at radius 3 is 2.63 bits per heavy atom. The first-order chi connectivity index (χ1) is 13.1. The minimum absolute atomic E-state index is 0.0484. The van der Waals surface area contributed by atoms with E-state index in [2.05, 4.69) is 17.0 Å². The minimum atomic E-state index is -2.72. The highest BCUT2D eigenvalue weighted by Crippen LogP contribution is 2.30. The van der Waals surface area contributed by atoms with Crippen molar-refractivity contribution in [3.63, 3.8) is 0 Å². The standard InChI is InChI=1S/C20H23F2N3O2/c1-14-7-8-17(25(14)20(21)22)19(26)23-9-10-24-16(11-23)12-27-13-18(24)15-5-3-2-4-6-15/h2-8,16,18,20H,9-13H2,1H3/t16-,18-/m1/s1. The SMILES string of the molecule is Cc1ccc(C(=O)N2CCN3[C@@H](COC[C@@H]3c3ccccc3)C2)n1C(F)F. The molecule has 2 saturated heterocycles. The molecule has 0 saturated carbocycles.